The van der Waals surface area contributed by atoms with Gasteiger partial charge in [0.15, 0.2) is 5.78 Å². The average molecular weight is 184 g/mol. The van der Waals surface area contributed by atoms with Crippen LogP contribution in [-0.2, 0) is 4.79 Å². The lowest BCUT2D eigenvalue weighted by Crippen LogP contribution is -2.40. The topological polar surface area (TPSA) is 55.1 Å². The summed E-state index contributed by atoms with van der Waals surface area (Å²) in [7, 11) is 0. The molecule has 0 heterocycles. The molecule has 3 heteroatoms. The standard InChI is InChI=1S/C10H20N2O/c1-6(10(5)13)8(3)12-9(4)7(2)11/h7,9,12H,11H2,1-5H3/b8-6-. The quantitative estimate of drug-likeness (QED) is 0.645. The van der Waals surface area contributed by atoms with Crippen molar-refractivity contribution in [3.8, 4) is 0 Å². The van der Waals surface area contributed by atoms with Crippen molar-refractivity contribution in [1.29, 1.82) is 0 Å². The van der Waals surface area contributed by atoms with Crippen LogP contribution in [0.1, 0.15) is 34.6 Å². The predicted molar refractivity (Wildman–Crippen MR) is 55.3 cm³/mol. The first kappa shape index (κ1) is 12.2. The second kappa shape index (κ2) is 5.02. The molecule has 3 nitrogen and oxygen atoms in total. The third-order valence-corrected chi connectivity index (χ3v) is 2.32. The maximum absolute atomic E-state index is 11.0. The number of nitrogens with two attached hydrogens (primary N) is 1. The van der Waals surface area contributed by atoms with Crippen molar-refractivity contribution in [1.82, 2.24) is 5.32 Å². The minimum absolute atomic E-state index is 0.0784. The molecule has 0 saturated heterocycles. The van der Waals surface area contributed by atoms with Gasteiger partial charge in [-0.1, -0.05) is 0 Å². The van der Waals surface area contributed by atoms with Crippen molar-refractivity contribution < 1.29 is 4.79 Å². The lowest BCUT2D eigenvalue weighted by atomic mass is 10.1. The second-order valence-corrected chi connectivity index (χ2v) is 3.60. The first-order chi connectivity index (χ1) is 5.86. The van der Waals surface area contributed by atoms with Gasteiger partial charge in [0.2, 0.25) is 0 Å². The Morgan fingerprint density at radius 2 is 1.69 bits per heavy atom. The van der Waals surface area contributed by atoms with Crippen molar-refractivity contribution in [3.05, 3.63) is 11.3 Å². The summed E-state index contributed by atoms with van der Waals surface area (Å²) in [5.41, 5.74) is 7.38. The van der Waals surface area contributed by atoms with Gasteiger partial charge in [0, 0.05) is 23.4 Å². The summed E-state index contributed by atoms with van der Waals surface area (Å²) >= 11 is 0. The molecule has 2 unspecified atom stereocenters. The average Bonchev–Trinajstić information content (AvgIpc) is 2.02. The molecule has 0 amide bonds. The Morgan fingerprint density at radius 1 is 1.23 bits per heavy atom. The Kier molecular flexibility index (Phi) is 4.70. The number of allylic oxidation sites excluding steroid dienone is 2. The summed E-state index contributed by atoms with van der Waals surface area (Å²) in [6.07, 6.45) is 0. The molecule has 0 aliphatic carbocycles. The zero-order valence-electron chi connectivity index (χ0n) is 9.14. The number of nitrogens with one attached hydrogen (secondary N) is 1. The summed E-state index contributed by atoms with van der Waals surface area (Å²) in [5, 5.41) is 3.19. The third kappa shape index (κ3) is 4.08. The first-order valence-electron chi connectivity index (χ1n) is 4.56. The molecule has 0 aromatic heterocycles. The minimum atomic E-state index is 0.0784. The van der Waals surface area contributed by atoms with E-state index in [4.69, 9.17) is 5.73 Å². The SMILES string of the molecule is CC(=O)/C(C)=C(/C)NC(C)C(C)N. The van der Waals surface area contributed by atoms with E-state index in [1.807, 2.05) is 27.7 Å². The van der Waals surface area contributed by atoms with E-state index in [2.05, 4.69) is 5.32 Å². The number of Topliss-reactive ketones (excluding diaryl/α,β-unsaturated/α-hetero) is 1. The monoisotopic (exact) mass is 184 g/mol. The van der Waals surface area contributed by atoms with Crippen molar-refractivity contribution >= 4 is 5.78 Å². The molecule has 3 N–H and O–H groups in total. The number of carbonyl (C=O) groups is 1. The molecule has 0 saturated carbocycles. The van der Waals surface area contributed by atoms with Crippen LogP contribution in [0, 0.1) is 0 Å². The van der Waals surface area contributed by atoms with Crippen molar-refractivity contribution in [2.45, 2.75) is 46.7 Å². The largest absolute Gasteiger partial charge is 0.384 e. The van der Waals surface area contributed by atoms with Crippen molar-refractivity contribution in [2.75, 3.05) is 0 Å². The van der Waals surface area contributed by atoms with E-state index in [1.165, 1.54) is 0 Å². The maximum atomic E-state index is 11.0. The van der Waals surface area contributed by atoms with Crippen LogP contribution < -0.4 is 11.1 Å². The zero-order chi connectivity index (χ0) is 10.6. The zero-order valence-corrected chi connectivity index (χ0v) is 9.14. The molecule has 0 rings (SSSR count). The van der Waals surface area contributed by atoms with E-state index in [1.54, 1.807) is 6.92 Å². The highest BCUT2D eigenvalue weighted by Crippen LogP contribution is 2.03. The highest BCUT2D eigenvalue weighted by molar-refractivity contribution is 5.93. The highest BCUT2D eigenvalue weighted by atomic mass is 16.1. The molecule has 2 atom stereocenters. The van der Waals surface area contributed by atoms with E-state index >= 15 is 0 Å². The molecule has 0 spiro atoms. The highest BCUT2D eigenvalue weighted by Gasteiger charge is 2.08. The van der Waals surface area contributed by atoms with Crippen LogP contribution in [0.4, 0.5) is 0 Å². The van der Waals surface area contributed by atoms with Gasteiger partial charge in [-0.15, -0.1) is 0 Å². The van der Waals surface area contributed by atoms with Crippen LogP contribution in [0.2, 0.25) is 0 Å². The van der Waals surface area contributed by atoms with E-state index < -0.39 is 0 Å². The predicted octanol–water partition coefficient (Wildman–Crippen LogP) is 1.19. The summed E-state index contributed by atoms with van der Waals surface area (Å²) in [4.78, 5) is 11.0. The fourth-order valence-electron chi connectivity index (χ4n) is 0.845. The number of hydrogen-bond donors (Lipinski definition) is 2. The summed E-state index contributed by atoms with van der Waals surface area (Å²) in [5.74, 6) is 0.0990. The molecule has 13 heavy (non-hydrogen) atoms. The molecule has 0 aliphatic rings. The van der Waals surface area contributed by atoms with Crippen LogP contribution in [0.5, 0.6) is 0 Å². The fourth-order valence-corrected chi connectivity index (χ4v) is 0.845. The molecule has 0 radical (unpaired) electrons. The van der Waals surface area contributed by atoms with Crippen LogP contribution in [0.15, 0.2) is 11.3 Å². The number of ketones is 1. The van der Waals surface area contributed by atoms with E-state index in [-0.39, 0.29) is 17.9 Å². The summed E-state index contributed by atoms with van der Waals surface area (Å²) in [6, 6.07) is 0.268. The molecule has 0 aromatic rings. The number of rotatable bonds is 4. The van der Waals surface area contributed by atoms with Crippen LogP contribution >= 0.6 is 0 Å². The Labute approximate surface area is 80.4 Å². The lowest BCUT2D eigenvalue weighted by molar-refractivity contribution is -0.113. The fraction of sp³-hybridized carbons (Fsp3) is 0.700. The Hall–Kier alpha value is -0.830. The normalized spacial score (nSPS) is 17.4. The third-order valence-electron chi connectivity index (χ3n) is 2.32. The smallest absolute Gasteiger partial charge is 0.157 e. The van der Waals surface area contributed by atoms with E-state index in [0.717, 1.165) is 11.3 Å². The lowest BCUT2D eigenvalue weighted by Gasteiger charge is -2.20. The molecule has 0 bridgehead atoms. The first-order valence-corrected chi connectivity index (χ1v) is 4.56. The van der Waals surface area contributed by atoms with Gasteiger partial charge in [-0.25, -0.2) is 0 Å². The summed E-state index contributed by atoms with van der Waals surface area (Å²) in [6.45, 7) is 9.22. The van der Waals surface area contributed by atoms with Gasteiger partial charge in [-0.05, 0) is 34.6 Å². The molecule has 0 fully saturated rings. The Bertz CT molecular complexity index is 219. The van der Waals surface area contributed by atoms with Crippen molar-refractivity contribution in [3.63, 3.8) is 0 Å². The van der Waals surface area contributed by atoms with Gasteiger partial charge in [-0.2, -0.15) is 0 Å². The minimum Gasteiger partial charge on any atom is -0.384 e. The van der Waals surface area contributed by atoms with Crippen LogP contribution in [-0.4, -0.2) is 17.9 Å². The van der Waals surface area contributed by atoms with E-state index in [9.17, 15) is 4.79 Å². The second-order valence-electron chi connectivity index (χ2n) is 3.60. The number of carbonyl (C=O) groups excluding carboxylic acids is 1. The molecular weight excluding hydrogens is 164 g/mol. The van der Waals surface area contributed by atoms with Gasteiger partial charge in [0.05, 0.1) is 0 Å². The van der Waals surface area contributed by atoms with E-state index in [0.29, 0.717) is 0 Å². The summed E-state index contributed by atoms with van der Waals surface area (Å²) < 4.78 is 0. The molecular formula is C10H20N2O. The molecule has 76 valence electrons. The Balaban J connectivity index is 4.37. The molecule has 0 aliphatic heterocycles. The Morgan fingerprint density at radius 3 is 2.00 bits per heavy atom. The van der Waals surface area contributed by atoms with Gasteiger partial charge in [0.1, 0.15) is 0 Å². The van der Waals surface area contributed by atoms with Gasteiger partial charge in [0.25, 0.3) is 0 Å². The van der Waals surface area contributed by atoms with Crippen LogP contribution in [0.25, 0.3) is 0 Å². The number of hydrogen-bond acceptors (Lipinski definition) is 3. The van der Waals surface area contributed by atoms with Gasteiger partial charge < -0.3 is 11.1 Å². The van der Waals surface area contributed by atoms with Crippen molar-refractivity contribution in [2.24, 2.45) is 5.73 Å². The molecule has 0 aromatic carbocycles. The van der Waals surface area contributed by atoms with Crippen LogP contribution in [0.3, 0.4) is 0 Å². The maximum Gasteiger partial charge on any atom is 0.157 e. The van der Waals surface area contributed by atoms with Gasteiger partial charge in [-0.3, -0.25) is 4.79 Å². The van der Waals surface area contributed by atoms with Gasteiger partial charge >= 0.3 is 0 Å².